The van der Waals surface area contributed by atoms with Crippen molar-refractivity contribution in [2.24, 2.45) is 0 Å². The van der Waals surface area contributed by atoms with Crippen LogP contribution in [-0.4, -0.2) is 29.9 Å². The first-order valence-corrected chi connectivity index (χ1v) is 6.33. The lowest BCUT2D eigenvalue weighted by Gasteiger charge is -2.29. The Hall–Kier alpha value is -1.81. The summed E-state index contributed by atoms with van der Waals surface area (Å²) in [4.78, 5) is 17.3. The molecule has 4 nitrogen and oxygen atoms in total. The lowest BCUT2D eigenvalue weighted by atomic mass is 10.1. The van der Waals surface area contributed by atoms with E-state index in [2.05, 4.69) is 0 Å². The van der Waals surface area contributed by atoms with Crippen LogP contribution in [-0.2, 0) is 9.57 Å². The van der Waals surface area contributed by atoms with Gasteiger partial charge >= 0.3 is 6.09 Å². The molecule has 1 aliphatic rings. The van der Waals surface area contributed by atoms with Gasteiger partial charge in [0, 0.05) is 0 Å². The van der Waals surface area contributed by atoms with Crippen LogP contribution in [0.1, 0.15) is 26.3 Å². The summed E-state index contributed by atoms with van der Waals surface area (Å²) in [5.41, 5.74) is 1.64. The Balaban J connectivity index is 2.05. The normalized spacial score (nSPS) is 15.9. The highest BCUT2D eigenvalue weighted by atomic mass is 16.7. The molecule has 1 amide bonds. The van der Waals surface area contributed by atoms with Gasteiger partial charge < -0.3 is 4.74 Å². The standard InChI is InChI=1S/C15H19NO3/c1-15(2,3)19-14(17)16-11-13(9-10-18-16)12-7-5-4-6-8-12/h4-9H,10-11H2,1-3H3. The fraction of sp³-hybridized carbons (Fsp3) is 0.400. The number of ether oxygens (including phenoxy) is 1. The van der Waals surface area contributed by atoms with Crippen LogP contribution in [0.25, 0.3) is 5.57 Å². The summed E-state index contributed by atoms with van der Waals surface area (Å²) in [6.45, 7) is 6.29. The van der Waals surface area contributed by atoms with Crippen molar-refractivity contribution in [2.75, 3.05) is 13.2 Å². The second-order valence-corrected chi connectivity index (χ2v) is 5.41. The molecule has 4 heteroatoms. The highest BCUT2D eigenvalue weighted by Crippen LogP contribution is 2.21. The fourth-order valence-corrected chi connectivity index (χ4v) is 1.78. The zero-order valence-corrected chi connectivity index (χ0v) is 11.6. The van der Waals surface area contributed by atoms with Crippen molar-refractivity contribution in [3.63, 3.8) is 0 Å². The molecule has 0 atom stereocenters. The number of carbonyl (C=O) groups excluding carboxylic acids is 1. The van der Waals surface area contributed by atoms with Crippen LogP contribution in [0.3, 0.4) is 0 Å². The minimum Gasteiger partial charge on any atom is -0.442 e. The monoisotopic (exact) mass is 261 g/mol. The molecule has 0 aromatic heterocycles. The smallest absolute Gasteiger partial charge is 0.434 e. The maximum atomic E-state index is 11.9. The van der Waals surface area contributed by atoms with Gasteiger partial charge in [-0.25, -0.2) is 4.79 Å². The van der Waals surface area contributed by atoms with Gasteiger partial charge in [0.1, 0.15) is 5.60 Å². The van der Waals surface area contributed by atoms with E-state index in [0.717, 1.165) is 11.1 Å². The average molecular weight is 261 g/mol. The van der Waals surface area contributed by atoms with Gasteiger partial charge in [-0.1, -0.05) is 36.4 Å². The quantitative estimate of drug-likeness (QED) is 0.779. The van der Waals surface area contributed by atoms with Crippen molar-refractivity contribution in [3.05, 3.63) is 42.0 Å². The number of hydrogen-bond acceptors (Lipinski definition) is 3. The van der Waals surface area contributed by atoms with E-state index in [-0.39, 0.29) is 0 Å². The van der Waals surface area contributed by atoms with Gasteiger partial charge in [-0.3, -0.25) is 4.84 Å². The Bertz CT molecular complexity index is 474. The van der Waals surface area contributed by atoms with Crippen molar-refractivity contribution < 1.29 is 14.4 Å². The fourth-order valence-electron chi connectivity index (χ4n) is 1.78. The summed E-state index contributed by atoms with van der Waals surface area (Å²) in [5, 5.41) is 1.27. The minimum atomic E-state index is -0.519. The molecule has 2 rings (SSSR count). The van der Waals surface area contributed by atoms with Crippen molar-refractivity contribution in [1.29, 1.82) is 0 Å². The molecule has 19 heavy (non-hydrogen) atoms. The topological polar surface area (TPSA) is 38.8 Å². The van der Waals surface area contributed by atoms with Crippen LogP contribution < -0.4 is 0 Å². The maximum absolute atomic E-state index is 11.9. The van der Waals surface area contributed by atoms with Crippen LogP contribution in [0.2, 0.25) is 0 Å². The van der Waals surface area contributed by atoms with Gasteiger partial charge in [-0.2, -0.15) is 5.06 Å². The second-order valence-electron chi connectivity index (χ2n) is 5.41. The number of nitrogens with zero attached hydrogens (tertiary/aromatic N) is 1. The molecule has 0 saturated heterocycles. The van der Waals surface area contributed by atoms with Crippen LogP contribution in [0.4, 0.5) is 4.79 Å². The Labute approximate surface area is 113 Å². The molecule has 0 aliphatic carbocycles. The van der Waals surface area contributed by atoms with Gasteiger partial charge in [-0.15, -0.1) is 0 Å². The molecule has 1 heterocycles. The van der Waals surface area contributed by atoms with E-state index in [1.54, 1.807) is 0 Å². The number of rotatable bonds is 1. The predicted molar refractivity (Wildman–Crippen MR) is 73.3 cm³/mol. The van der Waals surface area contributed by atoms with Gasteiger partial charge in [-0.05, 0) is 31.9 Å². The average Bonchev–Trinajstić information content (AvgIpc) is 2.38. The van der Waals surface area contributed by atoms with Crippen molar-refractivity contribution in [3.8, 4) is 0 Å². The van der Waals surface area contributed by atoms with Gasteiger partial charge in [0.25, 0.3) is 0 Å². The van der Waals surface area contributed by atoms with E-state index in [4.69, 9.17) is 9.57 Å². The molecular weight excluding hydrogens is 242 g/mol. The van der Waals surface area contributed by atoms with E-state index in [1.165, 1.54) is 5.06 Å². The van der Waals surface area contributed by atoms with Crippen LogP contribution in [0, 0.1) is 0 Å². The summed E-state index contributed by atoms with van der Waals surface area (Å²) in [6.07, 6.45) is 1.53. The first kappa shape index (κ1) is 13.6. The highest BCUT2D eigenvalue weighted by molar-refractivity contribution is 5.74. The largest absolute Gasteiger partial charge is 0.442 e. The molecule has 1 aromatic carbocycles. The van der Waals surface area contributed by atoms with Crippen LogP contribution in [0.15, 0.2) is 36.4 Å². The molecule has 0 radical (unpaired) electrons. The lowest BCUT2D eigenvalue weighted by molar-refractivity contribution is -0.134. The van der Waals surface area contributed by atoms with Crippen LogP contribution >= 0.6 is 0 Å². The SMILES string of the molecule is CC(C)(C)OC(=O)N1CC(c2ccccc2)=CCO1. The third-order valence-corrected chi connectivity index (χ3v) is 2.62. The second kappa shape index (κ2) is 5.45. The molecule has 1 aliphatic heterocycles. The van der Waals surface area contributed by atoms with Gasteiger partial charge in [0.05, 0.1) is 13.2 Å². The Morgan fingerprint density at radius 3 is 2.58 bits per heavy atom. The molecule has 0 fully saturated rings. The Morgan fingerprint density at radius 1 is 1.26 bits per heavy atom. The minimum absolute atomic E-state index is 0.378. The first-order valence-electron chi connectivity index (χ1n) is 6.33. The third kappa shape index (κ3) is 3.83. The summed E-state index contributed by atoms with van der Waals surface area (Å²) in [6, 6.07) is 9.96. The number of hydroxylamine groups is 2. The van der Waals surface area contributed by atoms with Crippen molar-refractivity contribution in [2.45, 2.75) is 26.4 Å². The number of amides is 1. The number of carbonyl (C=O) groups is 1. The summed E-state index contributed by atoms with van der Waals surface area (Å²) >= 11 is 0. The summed E-state index contributed by atoms with van der Waals surface area (Å²) < 4.78 is 5.30. The predicted octanol–water partition coefficient (Wildman–Crippen LogP) is 3.25. The van der Waals surface area contributed by atoms with Crippen molar-refractivity contribution >= 4 is 11.7 Å². The van der Waals surface area contributed by atoms with Crippen LogP contribution in [0.5, 0.6) is 0 Å². The molecule has 0 saturated carbocycles. The summed E-state index contributed by atoms with van der Waals surface area (Å²) in [5.74, 6) is 0. The Kier molecular flexibility index (Phi) is 3.90. The summed E-state index contributed by atoms with van der Waals surface area (Å²) in [7, 11) is 0. The van der Waals surface area contributed by atoms with Gasteiger partial charge in [0.15, 0.2) is 0 Å². The third-order valence-electron chi connectivity index (χ3n) is 2.62. The van der Waals surface area contributed by atoms with E-state index >= 15 is 0 Å². The number of hydrogen-bond donors (Lipinski definition) is 0. The molecule has 0 unspecified atom stereocenters. The van der Waals surface area contributed by atoms with Crippen molar-refractivity contribution in [1.82, 2.24) is 5.06 Å². The molecule has 0 bridgehead atoms. The molecular formula is C15H19NO3. The maximum Gasteiger partial charge on any atom is 0.434 e. The lowest BCUT2D eigenvalue weighted by Crippen LogP contribution is -2.39. The zero-order chi connectivity index (χ0) is 13.9. The van der Waals surface area contributed by atoms with E-state index < -0.39 is 11.7 Å². The zero-order valence-electron chi connectivity index (χ0n) is 11.6. The molecule has 1 aromatic rings. The highest BCUT2D eigenvalue weighted by Gasteiger charge is 2.25. The van der Waals surface area contributed by atoms with E-state index in [0.29, 0.717) is 13.2 Å². The van der Waals surface area contributed by atoms with E-state index in [9.17, 15) is 4.79 Å². The molecule has 0 N–H and O–H groups in total. The molecule has 0 spiro atoms. The van der Waals surface area contributed by atoms with Gasteiger partial charge in [0.2, 0.25) is 0 Å². The molecule has 102 valence electrons. The first-order chi connectivity index (χ1) is 8.96. The number of benzene rings is 1. The Morgan fingerprint density at radius 2 is 1.95 bits per heavy atom. The van der Waals surface area contributed by atoms with E-state index in [1.807, 2.05) is 57.2 Å².